The maximum Gasteiger partial charge on any atom is 0.252 e. The van der Waals surface area contributed by atoms with Crippen LogP contribution in [0.25, 0.3) is 0 Å². The molecule has 8 heteroatoms. The second-order valence-electron chi connectivity index (χ2n) is 4.29. The fraction of sp³-hybridized carbons (Fsp3) is 0.545. The highest BCUT2D eigenvalue weighted by atomic mass is 32.2. The predicted molar refractivity (Wildman–Crippen MR) is 76.1 cm³/mol. The third-order valence-electron chi connectivity index (χ3n) is 2.80. The van der Waals surface area contributed by atoms with Crippen LogP contribution < -0.4 is 5.73 Å². The summed E-state index contributed by atoms with van der Waals surface area (Å²) in [6.45, 7) is 3.84. The van der Waals surface area contributed by atoms with E-state index in [0.29, 0.717) is 4.21 Å². The fourth-order valence-corrected chi connectivity index (χ4v) is 4.28. The first-order valence-corrected chi connectivity index (χ1v) is 8.11. The van der Waals surface area contributed by atoms with Gasteiger partial charge in [0.2, 0.25) is 0 Å². The lowest BCUT2D eigenvalue weighted by molar-refractivity contribution is 0.312. The van der Waals surface area contributed by atoms with Crippen molar-refractivity contribution >= 4 is 27.2 Å². The zero-order valence-corrected chi connectivity index (χ0v) is 12.8. The Bertz CT molecular complexity index is 551. The van der Waals surface area contributed by atoms with E-state index in [1.165, 1.54) is 22.7 Å². The molecule has 0 aliphatic heterocycles. The van der Waals surface area contributed by atoms with Crippen LogP contribution in [0, 0.1) is 5.92 Å². The van der Waals surface area contributed by atoms with Gasteiger partial charge in [-0.3, -0.25) is 0 Å². The molecular weight excluding hydrogens is 286 g/mol. The minimum Gasteiger partial charge on any atom is -0.409 e. The molecule has 1 unspecified atom stereocenters. The fourth-order valence-electron chi connectivity index (χ4n) is 1.52. The van der Waals surface area contributed by atoms with Crippen molar-refractivity contribution in [3.63, 3.8) is 0 Å². The molecule has 0 fully saturated rings. The van der Waals surface area contributed by atoms with E-state index in [0.717, 1.165) is 11.3 Å². The second kappa shape index (κ2) is 6.36. The van der Waals surface area contributed by atoms with Gasteiger partial charge in [-0.1, -0.05) is 19.0 Å². The highest BCUT2D eigenvalue weighted by Gasteiger charge is 2.25. The van der Waals surface area contributed by atoms with Gasteiger partial charge in [0, 0.05) is 24.4 Å². The SMILES string of the molecule is CCc1ccc(S(=O)(=O)N(C)CC(C)/C(N)=N/O)s1. The standard InChI is InChI=1S/C11H19N3O3S2/c1-4-9-5-6-10(18-9)19(16,17)14(3)7-8(2)11(12)13-15/h5-6,8,15H,4,7H2,1-3H3,(H2,12,13). The smallest absolute Gasteiger partial charge is 0.252 e. The van der Waals surface area contributed by atoms with Crippen LogP contribution in [0.5, 0.6) is 0 Å². The average molecular weight is 305 g/mol. The van der Waals surface area contributed by atoms with Crippen LogP contribution in [0.1, 0.15) is 18.7 Å². The second-order valence-corrected chi connectivity index (χ2v) is 7.73. The van der Waals surface area contributed by atoms with Crippen LogP contribution in [0.2, 0.25) is 0 Å². The van der Waals surface area contributed by atoms with Crippen LogP contribution in [0.15, 0.2) is 21.5 Å². The molecule has 0 amide bonds. The summed E-state index contributed by atoms with van der Waals surface area (Å²) in [6.07, 6.45) is 0.810. The molecule has 0 aromatic carbocycles. The van der Waals surface area contributed by atoms with E-state index in [4.69, 9.17) is 10.9 Å². The maximum atomic E-state index is 12.3. The first-order valence-electron chi connectivity index (χ1n) is 5.85. The molecule has 1 rings (SSSR count). The normalized spacial score (nSPS) is 14.8. The van der Waals surface area contributed by atoms with E-state index in [9.17, 15) is 8.42 Å². The molecule has 6 nitrogen and oxygen atoms in total. The zero-order chi connectivity index (χ0) is 14.6. The number of nitrogens with zero attached hydrogens (tertiary/aromatic N) is 2. The van der Waals surface area contributed by atoms with Crippen LogP contribution in [-0.4, -0.2) is 37.4 Å². The van der Waals surface area contributed by atoms with Crippen molar-refractivity contribution in [1.29, 1.82) is 0 Å². The third-order valence-corrected chi connectivity index (χ3v) is 6.32. The Morgan fingerprint density at radius 1 is 1.58 bits per heavy atom. The molecule has 0 bridgehead atoms. The van der Waals surface area contributed by atoms with Gasteiger partial charge in [0.1, 0.15) is 10.0 Å². The van der Waals surface area contributed by atoms with Crippen LogP contribution >= 0.6 is 11.3 Å². The van der Waals surface area contributed by atoms with Gasteiger partial charge in [0.25, 0.3) is 10.0 Å². The van der Waals surface area contributed by atoms with Gasteiger partial charge >= 0.3 is 0 Å². The van der Waals surface area contributed by atoms with Crippen molar-refractivity contribution in [3.05, 3.63) is 17.0 Å². The molecule has 19 heavy (non-hydrogen) atoms. The predicted octanol–water partition coefficient (Wildman–Crippen LogP) is 1.31. The van der Waals surface area contributed by atoms with E-state index in [2.05, 4.69) is 5.16 Å². The molecule has 0 saturated heterocycles. The molecule has 1 aromatic rings. The molecule has 1 atom stereocenters. The van der Waals surface area contributed by atoms with Crippen molar-refractivity contribution in [1.82, 2.24) is 4.31 Å². The monoisotopic (exact) mass is 305 g/mol. The highest BCUT2D eigenvalue weighted by Crippen LogP contribution is 2.25. The molecule has 108 valence electrons. The number of hydrogen-bond donors (Lipinski definition) is 2. The Balaban J connectivity index is 2.88. The van der Waals surface area contributed by atoms with Crippen LogP contribution in [-0.2, 0) is 16.4 Å². The van der Waals surface area contributed by atoms with E-state index in [1.54, 1.807) is 13.0 Å². The summed E-state index contributed by atoms with van der Waals surface area (Å²) in [5, 5.41) is 11.5. The molecular formula is C11H19N3O3S2. The van der Waals surface area contributed by atoms with Crippen molar-refractivity contribution < 1.29 is 13.6 Å². The Kier molecular flexibility index (Phi) is 5.33. The number of aryl methyl sites for hydroxylation is 1. The maximum absolute atomic E-state index is 12.3. The summed E-state index contributed by atoms with van der Waals surface area (Å²) in [5.74, 6) is -0.335. The topological polar surface area (TPSA) is 96.0 Å². The van der Waals surface area contributed by atoms with Gasteiger partial charge in [0.05, 0.1) is 0 Å². The molecule has 0 aliphatic carbocycles. The number of rotatable bonds is 6. The van der Waals surface area contributed by atoms with Gasteiger partial charge in [-0.25, -0.2) is 8.42 Å². The van der Waals surface area contributed by atoms with E-state index < -0.39 is 10.0 Å². The van der Waals surface area contributed by atoms with Gasteiger partial charge < -0.3 is 10.9 Å². The van der Waals surface area contributed by atoms with Gasteiger partial charge in [-0.2, -0.15) is 4.31 Å². The lowest BCUT2D eigenvalue weighted by Crippen LogP contribution is -2.36. The number of sulfonamides is 1. The van der Waals surface area contributed by atoms with E-state index >= 15 is 0 Å². The molecule has 1 heterocycles. The summed E-state index contributed by atoms with van der Waals surface area (Å²) in [6, 6.07) is 3.43. The number of amidine groups is 1. The Hall–Kier alpha value is -1.12. The van der Waals surface area contributed by atoms with E-state index in [1.807, 2.05) is 13.0 Å². The van der Waals surface area contributed by atoms with Crippen LogP contribution in [0.4, 0.5) is 0 Å². The van der Waals surface area contributed by atoms with Gasteiger partial charge in [-0.15, -0.1) is 11.3 Å². The summed E-state index contributed by atoms with van der Waals surface area (Å²) < 4.78 is 26.1. The lowest BCUT2D eigenvalue weighted by Gasteiger charge is -2.19. The van der Waals surface area contributed by atoms with E-state index in [-0.39, 0.29) is 18.3 Å². The van der Waals surface area contributed by atoms with Gasteiger partial charge in [-0.05, 0) is 18.6 Å². The number of thiophene rings is 1. The number of oxime groups is 1. The first-order chi connectivity index (χ1) is 8.82. The van der Waals surface area contributed by atoms with Crippen molar-refractivity contribution in [2.24, 2.45) is 16.8 Å². The average Bonchev–Trinajstić information content (AvgIpc) is 2.86. The summed E-state index contributed by atoms with van der Waals surface area (Å²) >= 11 is 1.27. The Labute approximate surface area is 117 Å². The zero-order valence-electron chi connectivity index (χ0n) is 11.2. The molecule has 0 spiro atoms. The summed E-state index contributed by atoms with van der Waals surface area (Å²) in [4.78, 5) is 1.02. The number of nitrogens with two attached hydrogens (primary N) is 1. The molecule has 1 aromatic heterocycles. The number of hydrogen-bond acceptors (Lipinski definition) is 5. The molecule has 0 radical (unpaired) electrons. The quantitative estimate of drug-likeness (QED) is 0.358. The highest BCUT2D eigenvalue weighted by molar-refractivity contribution is 7.91. The summed E-state index contributed by atoms with van der Waals surface area (Å²) in [7, 11) is -2.02. The third kappa shape index (κ3) is 3.68. The summed E-state index contributed by atoms with van der Waals surface area (Å²) in [5.41, 5.74) is 5.45. The molecule has 0 saturated carbocycles. The minimum absolute atomic E-state index is 0.0162. The van der Waals surface area contributed by atoms with Crippen molar-refractivity contribution in [2.75, 3.05) is 13.6 Å². The van der Waals surface area contributed by atoms with Crippen molar-refractivity contribution in [2.45, 2.75) is 24.5 Å². The Morgan fingerprint density at radius 3 is 2.68 bits per heavy atom. The minimum atomic E-state index is -3.51. The van der Waals surface area contributed by atoms with Crippen molar-refractivity contribution in [3.8, 4) is 0 Å². The van der Waals surface area contributed by atoms with Gasteiger partial charge in [0.15, 0.2) is 0 Å². The molecule has 0 aliphatic rings. The Morgan fingerprint density at radius 2 is 2.21 bits per heavy atom. The molecule has 3 N–H and O–H groups in total. The lowest BCUT2D eigenvalue weighted by atomic mass is 10.2. The first kappa shape index (κ1) is 15.9. The van der Waals surface area contributed by atoms with Crippen LogP contribution in [0.3, 0.4) is 0 Å². The largest absolute Gasteiger partial charge is 0.409 e.